The van der Waals surface area contributed by atoms with E-state index in [1.807, 2.05) is 24.3 Å². The van der Waals surface area contributed by atoms with Crippen molar-refractivity contribution in [2.45, 2.75) is 0 Å². The first-order chi connectivity index (χ1) is 50.0. The Bertz CT molecular complexity index is 4930. The van der Waals surface area contributed by atoms with Gasteiger partial charge in [0.1, 0.15) is 11.5 Å². The van der Waals surface area contributed by atoms with Gasteiger partial charge in [0, 0.05) is 101 Å². The molecule has 0 amide bonds. The van der Waals surface area contributed by atoms with Crippen molar-refractivity contribution in [3.63, 3.8) is 0 Å². The zero-order valence-corrected chi connectivity index (χ0v) is 55.8. The molecular weight excluding hydrogens is 1240 g/mol. The molecule has 2 aromatic heterocycles. The number of hydrogen-bond acceptors (Lipinski definition) is 7. The van der Waals surface area contributed by atoms with E-state index >= 15 is 0 Å². The van der Waals surface area contributed by atoms with E-state index in [4.69, 9.17) is 9.47 Å². The summed E-state index contributed by atoms with van der Waals surface area (Å²) in [6.07, 6.45) is 0. The lowest BCUT2D eigenvalue weighted by molar-refractivity contribution is 0.415. The second kappa shape index (κ2) is 26.8. The zero-order valence-electron chi connectivity index (χ0n) is 55.8. The van der Waals surface area contributed by atoms with Crippen molar-refractivity contribution in [3.05, 3.63) is 382 Å². The van der Waals surface area contributed by atoms with Crippen molar-refractivity contribution < 1.29 is 9.47 Å². The molecule has 0 fully saturated rings. The van der Waals surface area contributed by atoms with Crippen LogP contribution in [0.15, 0.2) is 382 Å². The molecule has 0 saturated carbocycles. The first kappa shape index (κ1) is 61.1. The largest absolute Gasteiger partial charge is 0.497 e. The number of methoxy groups -OCH3 is 2. The van der Waals surface area contributed by atoms with Gasteiger partial charge in [0.25, 0.3) is 0 Å². The monoisotopic (exact) mass is 1300 g/mol. The Kier molecular flexibility index (Phi) is 16.2. The van der Waals surface area contributed by atoms with Crippen LogP contribution in [0, 0.1) is 0 Å². The molecule has 2 heterocycles. The molecule has 9 heteroatoms. The van der Waals surface area contributed by atoms with Gasteiger partial charge in [-0.15, -0.1) is 0 Å². The first-order valence-corrected chi connectivity index (χ1v) is 34.0. The molecule has 0 radical (unpaired) electrons. The Morgan fingerprint density at radius 1 is 0.178 bits per heavy atom. The van der Waals surface area contributed by atoms with E-state index in [0.717, 1.165) is 152 Å². The molecule has 0 aliphatic heterocycles. The Morgan fingerprint density at radius 3 is 0.574 bits per heavy atom. The maximum Gasteiger partial charge on any atom is 0.119 e. The molecule has 0 spiro atoms. The molecule has 0 atom stereocenters. The predicted octanol–water partition coefficient (Wildman–Crippen LogP) is 25.2. The molecular formula is C92H69N7O2. The lowest BCUT2D eigenvalue weighted by atomic mass is 10.1. The number of rotatable bonds is 19. The highest BCUT2D eigenvalue weighted by molar-refractivity contribution is 6.14. The van der Waals surface area contributed by atoms with Gasteiger partial charge in [-0.05, 0) is 237 Å². The van der Waals surface area contributed by atoms with E-state index in [1.54, 1.807) is 14.2 Å². The van der Waals surface area contributed by atoms with E-state index in [9.17, 15) is 0 Å². The van der Waals surface area contributed by atoms with Crippen LogP contribution < -0.4 is 34.0 Å². The number of nitrogens with zero attached hydrogens (tertiary/aromatic N) is 7. The molecule has 0 bridgehead atoms. The minimum absolute atomic E-state index is 0.762. The topological polar surface area (TPSA) is 44.5 Å². The maximum absolute atomic E-state index is 5.83. The van der Waals surface area contributed by atoms with E-state index in [0.29, 0.717) is 0 Å². The minimum Gasteiger partial charge on any atom is -0.497 e. The number of benzene rings is 15. The first-order valence-electron chi connectivity index (χ1n) is 34.0. The molecule has 9 nitrogen and oxygen atoms in total. The summed E-state index contributed by atoms with van der Waals surface area (Å²) in [5.74, 6) is 1.52. The third-order valence-electron chi connectivity index (χ3n) is 18.9. The highest BCUT2D eigenvalue weighted by Gasteiger charge is 2.26. The van der Waals surface area contributed by atoms with Gasteiger partial charge in [-0.1, -0.05) is 146 Å². The van der Waals surface area contributed by atoms with Gasteiger partial charge in [-0.25, -0.2) is 0 Å². The molecule has 0 aliphatic rings. The molecule has 0 unspecified atom stereocenters. The van der Waals surface area contributed by atoms with E-state index in [2.05, 4.69) is 392 Å². The summed E-state index contributed by atoms with van der Waals surface area (Å²) in [7, 11) is 3.43. The van der Waals surface area contributed by atoms with Crippen LogP contribution >= 0.6 is 0 Å². The van der Waals surface area contributed by atoms with Crippen LogP contribution in [0.2, 0.25) is 0 Å². The highest BCUT2D eigenvalue weighted by atomic mass is 16.5. The molecule has 0 saturated heterocycles. The number of ether oxygens (including phenoxy) is 2. The van der Waals surface area contributed by atoms with Crippen molar-refractivity contribution in [1.82, 2.24) is 9.13 Å². The number of hydrogen-bond donors (Lipinski definition) is 0. The van der Waals surface area contributed by atoms with Crippen LogP contribution in [0.5, 0.6) is 11.5 Å². The normalized spacial score (nSPS) is 11.3. The van der Waals surface area contributed by atoms with Gasteiger partial charge in [-0.2, -0.15) is 0 Å². The summed E-state index contributed by atoms with van der Waals surface area (Å²) in [6.45, 7) is 0. The molecule has 17 aromatic rings. The molecule has 484 valence electrons. The Morgan fingerprint density at radius 2 is 0.366 bits per heavy atom. The number of para-hydroxylation sites is 8. The van der Waals surface area contributed by atoms with Gasteiger partial charge in [0.05, 0.1) is 53.3 Å². The molecule has 101 heavy (non-hydrogen) atoms. The molecule has 0 aliphatic carbocycles. The van der Waals surface area contributed by atoms with E-state index in [-0.39, 0.29) is 0 Å². The summed E-state index contributed by atoms with van der Waals surface area (Å²) in [6, 6.07) is 137. The second-order valence-electron chi connectivity index (χ2n) is 24.9. The Hall–Kier alpha value is -13.5. The molecule has 17 rings (SSSR count). The fourth-order valence-corrected chi connectivity index (χ4v) is 14.4. The van der Waals surface area contributed by atoms with Crippen molar-refractivity contribution in [2.24, 2.45) is 0 Å². The maximum atomic E-state index is 5.83. The summed E-state index contributed by atoms with van der Waals surface area (Å²) < 4.78 is 16.6. The number of aromatic nitrogens is 2. The smallest absolute Gasteiger partial charge is 0.119 e. The van der Waals surface area contributed by atoms with Crippen molar-refractivity contribution >= 4 is 129 Å². The van der Waals surface area contributed by atoms with Gasteiger partial charge < -0.3 is 43.1 Å². The van der Waals surface area contributed by atoms with Crippen LogP contribution in [0.4, 0.5) is 85.3 Å². The quantitative estimate of drug-likeness (QED) is 0.0799. The van der Waals surface area contributed by atoms with Crippen molar-refractivity contribution in [3.8, 4) is 22.9 Å². The average Bonchev–Trinajstić information content (AvgIpc) is 1.32. The number of fused-ring (bicyclic) bond motifs is 6. The van der Waals surface area contributed by atoms with Gasteiger partial charge in [-0.3, -0.25) is 0 Å². The van der Waals surface area contributed by atoms with Gasteiger partial charge in [0.2, 0.25) is 0 Å². The van der Waals surface area contributed by atoms with Crippen LogP contribution in [0.3, 0.4) is 0 Å². The third kappa shape index (κ3) is 11.6. The lowest BCUT2D eigenvalue weighted by Gasteiger charge is -2.28. The Balaban J connectivity index is 0.967. The van der Waals surface area contributed by atoms with Crippen molar-refractivity contribution in [1.29, 1.82) is 0 Å². The van der Waals surface area contributed by atoms with Crippen LogP contribution in [-0.2, 0) is 0 Å². The highest BCUT2D eigenvalue weighted by Crippen LogP contribution is 2.48. The predicted molar refractivity (Wildman–Crippen MR) is 422 cm³/mol. The summed E-state index contributed by atoms with van der Waals surface area (Å²) in [5.41, 5.74) is 21.5. The van der Waals surface area contributed by atoms with Crippen LogP contribution in [0.25, 0.3) is 55.0 Å². The van der Waals surface area contributed by atoms with E-state index < -0.39 is 0 Å². The second-order valence-corrected chi connectivity index (χ2v) is 24.9. The third-order valence-corrected chi connectivity index (χ3v) is 18.9. The zero-order chi connectivity index (χ0) is 67.6. The van der Waals surface area contributed by atoms with Gasteiger partial charge in [0.15, 0.2) is 0 Å². The minimum atomic E-state index is 0.762. The van der Waals surface area contributed by atoms with Crippen LogP contribution in [0.1, 0.15) is 0 Å². The molecule has 15 aromatic carbocycles. The average molecular weight is 1300 g/mol. The van der Waals surface area contributed by atoms with Crippen LogP contribution in [-0.4, -0.2) is 23.4 Å². The fraction of sp³-hybridized carbons (Fsp3) is 0.0217. The standard InChI is InChI=1S/C92H69N7O2/c1-100-83-51-43-74(44-52-83)97(75-45-53-84(101-2)54-46-75)80-59-81(98-89-55-47-76(93(66-27-11-3-12-28-66)67-29-13-4-14-30-67)62-85(89)86-63-77(48-56-90(86)98)94(68-31-15-5-16-32-68)69-33-17-6-18-34-69)61-82(60-80)99-91-57-49-78(95(70-35-19-7-20-36-70)71-37-21-8-22-38-71)64-87(91)88-65-79(50-58-92(88)99)96(72-39-23-9-24-40-72)73-41-25-10-26-42-73/h3-65H,1-2H3. The van der Waals surface area contributed by atoms with Crippen molar-refractivity contribution in [2.75, 3.05) is 38.7 Å². The summed E-state index contributed by atoms with van der Waals surface area (Å²) in [5, 5.41) is 4.36. The SMILES string of the molecule is COc1ccc(N(c2ccc(OC)cc2)c2cc(-n3c4ccc(N(c5ccccc5)c5ccccc5)cc4c4cc(N(c5ccccc5)c5ccccc5)ccc43)cc(-n3c4ccc(N(c5ccccc5)c5ccccc5)cc4c4cc(N(c5ccccc5)c5ccccc5)ccc43)c2)cc1. The van der Waals surface area contributed by atoms with Gasteiger partial charge >= 0.3 is 0 Å². The summed E-state index contributed by atoms with van der Waals surface area (Å²) in [4.78, 5) is 11.7. The fourth-order valence-electron chi connectivity index (χ4n) is 14.4. The summed E-state index contributed by atoms with van der Waals surface area (Å²) >= 11 is 0. The number of anilines is 15. The van der Waals surface area contributed by atoms with E-state index in [1.165, 1.54) is 0 Å². The Labute approximate surface area is 587 Å². The lowest BCUT2D eigenvalue weighted by Crippen LogP contribution is -2.12. The molecule has 0 N–H and O–H groups in total.